The number of benzene rings is 1. The Morgan fingerprint density at radius 2 is 1.25 bits per heavy atom. The van der Waals surface area contributed by atoms with Gasteiger partial charge in [-0.25, -0.2) is 0 Å². The molecular weight excluding hydrogens is 213 g/mol. The van der Waals surface area contributed by atoms with E-state index >= 15 is 0 Å². The smallest absolute Gasteiger partial charge is 0.166 e. The maximum Gasteiger partial charge on any atom is 0.416 e. The summed E-state index contributed by atoms with van der Waals surface area (Å²) in [6, 6.07) is 2.46. The number of hydrogen-bond donors (Lipinski definition) is 0. The highest BCUT2D eigenvalue weighted by molar-refractivity contribution is 5.42. The molecule has 0 N–H and O–H groups in total. The Balaban J connectivity index is 3.41. The van der Waals surface area contributed by atoms with Gasteiger partial charge in [0, 0.05) is 0 Å². The molecule has 16 heavy (non-hydrogen) atoms. The van der Waals surface area contributed by atoms with Crippen LogP contribution in [0.2, 0.25) is 0 Å². The van der Waals surface area contributed by atoms with E-state index in [0.717, 1.165) is 5.56 Å². The molecule has 1 aromatic rings. The zero-order chi connectivity index (χ0) is 12.7. The molecule has 1 rings (SSSR count). The average Bonchev–Trinajstić information content (AvgIpc) is 1.97. The molecule has 0 unspecified atom stereocenters. The van der Waals surface area contributed by atoms with Crippen LogP contribution in [0.3, 0.4) is 0 Å². The van der Waals surface area contributed by atoms with Crippen molar-refractivity contribution in [2.45, 2.75) is 46.2 Å². The molecule has 0 aliphatic heterocycles. The van der Waals surface area contributed by atoms with Gasteiger partial charge < -0.3 is 0 Å². The van der Waals surface area contributed by atoms with Crippen molar-refractivity contribution in [3.05, 3.63) is 34.4 Å². The fourth-order valence-electron chi connectivity index (χ4n) is 2.31. The molecule has 3 heteroatoms. The van der Waals surface area contributed by atoms with Gasteiger partial charge in [-0.2, -0.15) is 13.2 Å². The molecule has 0 aliphatic carbocycles. The van der Waals surface area contributed by atoms with E-state index in [-0.39, 0.29) is 5.41 Å². The van der Waals surface area contributed by atoms with Crippen molar-refractivity contribution < 1.29 is 13.2 Å². The van der Waals surface area contributed by atoms with Crippen molar-refractivity contribution in [2.75, 3.05) is 0 Å². The molecule has 0 bridgehead atoms. The van der Waals surface area contributed by atoms with Crippen LogP contribution >= 0.6 is 0 Å². The van der Waals surface area contributed by atoms with Crippen molar-refractivity contribution in [3.63, 3.8) is 0 Å². The summed E-state index contributed by atoms with van der Waals surface area (Å²) < 4.78 is 37.7. The molecule has 0 heterocycles. The Bertz CT molecular complexity index is 372. The largest absolute Gasteiger partial charge is 0.416 e. The van der Waals surface area contributed by atoms with Crippen LogP contribution in [0.5, 0.6) is 0 Å². The zero-order valence-corrected chi connectivity index (χ0v) is 10.3. The van der Waals surface area contributed by atoms with E-state index in [1.165, 1.54) is 12.1 Å². The standard InChI is InChI=1S/C13H17F3/c1-8-6-10(13(14,15)16)7-9(2)11(8)12(3,4)5/h6-7H,1-5H3. The van der Waals surface area contributed by atoms with Gasteiger partial charge in [-0.05, 0) is 48.1 Å². The summed E-state index contributed by atoms with van der Waals surface area (Å²) in [5.74, 6) is 0. The van der Waals surface area contributed by atoms with Gasteiger partial charge in [-0.15, -0.1) is 0 Å². The molecule has 0 saturated carbocycles. The van der Waals surface area contributed by atoms with Crippen molar-refractivity contribution in [2.24, 2.45) is 0 Å². The first-order valence-electron chi connectivity index (χ1n) is 5.22. The van der Waals surface area contributed by atoms with Crippen molar-refractivity contribution >= 4 is 0 Å². The lowest BCUT2D eigenvalue weighted by Gasteiger charge is -2.25. The van der Waals surface area contributed by atoms with Crippen LogP contribution in [-0.4, -0.2) is 0 Å². The van der Waals surface area contributed by atoms with Crippen LogP contribution in [0.1, 0.15) is 43.0 Å². The van der Waals surface area contributed by atoms with E-state index < -0.39 is 11.7 Å². The van der Waals surface area contributed by atoms with Crippen molar-refractivity contribution in [1.29, 1.82) is 0 Å². The number of hydrogen-bond acceptors (Lipinski definition) is 0. The van der Waals surface area contributed by atoms with Gasteiger partial charge in [0.05, 0.1) is 5.56 Å². The van der Waals surface area contributed by atoms with E-state index in [9.17, 15) is 13.2 Å². The molecule has 0 spiro atoms. The second-order valence-electron chi connectivity index (χ2n) is 5.23. The van der Waals surface area contributed by atoms with E-state index in [1.807, 2.05) is 20.8 Å². The second kappa shape index (κ2) is 3.79. The van der Waals surface area contributed by atoms with Gasteiger partial charge in [0.1, 0.15) is 0 Å². The van der Waals surface area contributed by atoms with Crippen LogP contribution in [-0.2, 0) is 11.6 Å². The Kier molecular flexibility index (Phi) is 3.10. The molecule has 0 saturated heterocycles. The number of aryl methyl sites for hydroxylation is 2. The zero-order valence-electron chi connectivity index (χ0n) is 10.3. The predicted octanol–water partition coefficient (Wildman–Crippen LogP) is 4.62. The molecule has 0 aromatic heterocycles. The fourth-order valence-corrected chi connectivity index (χ4v) is 2.31. The monoisotopic (exact) mass is 230 g/mol. The number of alkyl halides is 3. The van der Waals surface area contributed by atoms with Gasteiger partial charge in [0.15, 0.2) is 0 Å². The van der Waals surface area contributed by atoms with Crippen molar-refractivity contribution in [3.8, 4) is 0 Å². The molecule has 0 aliphatic rings. The second-order valence-corrected chi connectivity index (χ2v) is 5.23. The lowest BCUT2D eigenvalue weighted by molar-refractivity contribution is -0.137. The maximum absolute atomic E-state index is 12.6. The Labute approximate surface area is 94.5 Å². The molecule has 0 atom stereocenters. The summed E-state index contributed by atoms with van der Waals surface area (Å²) in [7, 11) is 0. The summed E-state index contributed by atoms with van der Waals surface area (Å²) in [5.41, 5.74) is 1.73. The fraction of sp³-hybridized carbons (Fsp3) is 0.538. The molecule has 0 radical (unpaired) electrons. The minimum atomic E-state index is -4.26. The first-order chi connectivity index (χ1) is 7.03. The highest BCUT2D eigenvalue weighted by Crippen LogP contribution is 2.35. The lowest BCUT2D eigenvalue weighted by Crippen LogP contribution is -2.17. The van der Waals surface area contributed by atoms with Crippen LogP contribution in [0.4, 0.5) is 13.2 Å². The normalized spacial score (nSPS) is 13.0. The Hall–Kier alpha value is -0.990. The Morgan fingerprint density at radius 3 is 1.50 bits per heavy atom. The summed E-state index contributed by atoms with van der Waals surface area (Å²) in [4.78, 5) is 0. The van der Waals surface area contributed by atoms with E-state index in [1.54, 1.807) is 13.8 Å². The summed E-state index contributed by atoms with van der Waals surface area (Å²) >= 11 is 0. The first-order valence-corrected chi connectivity index (χ1v) is 5.22. The molecule has 0 fully saturated rings. The molecule has 90 valence electrons. The van der Waals surface area contributed by atoms with Crippen LogP contribution in [0.25, 0.3) is 0 Å². The van der Waals surface area contributed by atoms with Crippen LogP contribution in [0.15, 0.2) is 12.1 Å². The third kappa shape index (κ3) is 2.57. The number of halogens is 3. The number of rotatable bonds is 0. The third-order valence-electron chi connectivity index (χ3n) is 2.61. The Morgan fingerprint density at radius 1 is 0.875 bits per heavy atom. The summed E-state index contributed by atoms with van der Waals surface area (Å²) in [6.07, 6.45) is -4.26. The summed E-state index contributed by atoms with van der Waals surface area (Å²) in [6.45, 7) is 9.51. The minimum absolute atomic E-state index is 0.127. The topological polar surface area (TPSA) is 0 Å². The van der Waals surface area contributed by atoms with Gasteiger partial charge in [-0.1, -0.05) is 20.8 Å². The SMILES string of the molecule is Cc1cc(C(F)(F)F)cc(C)c1C(C)(C)C. The van der Waals surface area contributed by atoms with Gasteiger partial charge in [0.2, 0.25) is 0 Å². The average molecular weight is 230 g/mol. The highest BCUT2D eigenvalue weighted by atomic mass is 19.4. The minimum Gasteiger partial charge on any atom is -0.166 e. The molecule has 0 nitrogen and oxygen atoms in total. The third-order valence-corrected chi connectivity index (χ3v) is 2.61. The maximum atomic E-state index is 12.6. The van der Waals surface area contributed by atoms with E-state index in [2.05, 4.69) is 0 Å². The van der Waals surface area contributed by atoms with Crippen molar-refractivity contribution in [1.82, 2.24) is 0 Å². The lowest BCUT2D eigenvalue weighted by atomic mass is 9.80. The summed E-state index contributed by atoms with van der Waals surface area (Å²) in [5, 5.41) is 0. The van der Waals surface area contributed by atoms with E-state index in [4.69, 9.17) is 0 Å². The quantitative estimate of drug-likeness (QED) is 0.610. The first kappa shape index (κ1) is 13.1. The van der Waals surface area contributed by atoms with Crippen LogP contribution in [0, 0.1) is 13.8 Å². The molecule has 1 aromatic carbocycles. The molecule has 0 amide bonds. The van der Waals surface area contributed by atoms with Gasteiger partial charge in [0.25, 0.3) is 0 Å². The molecular formula is C13H17F3. The van der Waals surface area contributed by atoms with E-state index in [0.29, 0.717) is 11.1 Å². The van der Waals surface area contributed by atoms with Gasteiger partial charge >= 0.3 is 6.18 Å². The van der Waals surface area contributed by atoms with Gasteiger partial charge in [-0.3, -0.25) is 0 Å². The predicted molar refractivity (Wildman–Crippen MR) is 59.6 cm³/mol. The van der Waals surface area contributed by atoms with Crippen LogP contribution < -0.4 is 0 Å². The highest BCUT2D eigenvalue weighted by Gasteiger charge is 2.32.